The first-order chi connectivity index (χ1) is 11.0. The number of aromatic amines is 1. The number of aryl methyl sites for hydroxylation is 2. The molecule has 1 atom stereocenters. The van der Waals surface area contributed by atoms with E-state index in [-0.39, 0.29) is 24.2 Å². The van der Waals surface area contributed by atoms with E-state index in [1.54, 1.807) is 0 Å². The fraction of sp³-hybridized carbons (Fsp3) is 0.706. The Labute approximate surface area is 136 Å². The van der Waals surface area contributed by atoms with Crippen molar-refractivity contribution in [1.82, 2.24) is 15.5 Å². The molecule has 126 valence electrons. The molecule has 1 saturated carbocycles. The van der Waals surface area contributed by atoms with Crippen LogP contribution in [0.1, 0.15) is 55.5 Å². The molecular weight excluding hydrogens is 294 g/mol. The number of H-pyrrole nitrogens is 1. The standard InChI is InChI=1S/C17H25N3O3/c1-11-13(12(2)20-19-11)6-5-9-18-16(22)14-10-15(21)23-17(14)7-3-4-8-17/h14H,3-10H2,1-2H3,(H,18,22)(H,19,20)/t14-/m0/s1. The van der Waals surface area contributed by atoms with Gasteiger partial charge in [0.15, 0.2) is 0 Å². The fourth-order valence-electron chi connectivity index (χ4n) is 3.99. The summed E-state index contributed by atoms with van der Waals surface area (Å²) in [7, 11) is 0. The average Bonchev–Trinajstić information content (AvgIpc) is 3.19. The lowest BCUT2D eigenvalue weighted by molar-refractivity contribution is -0.149. The van der Waals surface area contributed by atoms with Crippen LogP contribution in [0.2, 0.25) is 0 Å². The lowest BCUT2D eigenvalue weighted by atomic mass is 9.85. The highest BCUT2D eigenvalue weighted by Crippen LogP contribution is 2.45. The number of amides is 1. The first-order valence-electron chi connectivity index (χ1n) is 8.52. The molecule has 0 aromatic carbocycles. The second kappa shape index (κ2) is 6.34. The van der Waals surface area contributed by atoms with Crippen molar-refractivity contribution in [2.24, 2.45) is 5.92 Å². The molecule has 23 heavy (non-hydrogen) atoms. The highest BCUT2D eigenvalue weighted by atomic mass is 16.6. The molecule has 1 aromatic heterocycles. The smallest absolute Gasteiger partial charge is 0.307 e. The Balaban J connectivity index is 1.50. The van der Waals surface area contributed by atoms with Crippen LogP contribution in [-0.4, -0.2) is 34.2 Å². The number of nitrogens with one attached hydrogen (secondary N) is 2. The first kappa shape index (κ1) is 16.0. The minimum atomic E-state index is -0.515. The zero-order valence-electron chi connectivity index (χ0n) is 13.9. The van der Waals surface area contributed by atoms with Gasteiger partial charge >= 0.3 is 5.97 Å². The van der Waals surface area contributed by atoms with Crippen molar-refractivity contribution in [3.8, 4) is 0 Å². The third kappa shape index (κ3) is 3.12. The molecule has 1 aromatic rings. The van der Waals surface area contributed by atoms with Gasteiger partial charge in [-0.25, -0.2) is 0 Å². The van der Waals surface area contributed by atoms with E-state index in [0.29, 0.717) is 6.54 Å². The number of rotatable bonds is 5. The summed E-state index contributed by atoms with van der Waals surface area (Å²) in [4.78, 5) is 24.2. The molecule has 0 unspecified atom stereocenters. The van der Waals surface area contributed by atoms with Crippen LogP contribution in [0.25, 0.3) is 0 Å². The van der Waals surface area contributed by atoms with Crippen LogP contribution >= 0.6 is 0 Å². The molecule has 0 bridgehead atoms. The van der Waals surface area contributed by atoms with E-state index in [1.807, 2.05) is 13.8 Å². The topological polar surface area (TPSA) is 84.1 Å². The summed E-state index contributed by atoms with van der Waals surface area (Å²) in [5.74, 6) is -0.565. The fourth-order valence-corrected chi connectivity index (χ4v) is 3.99. The molecule has 2 N–H and O–H groups in total. The summed E-state index contributed by atoms with van der Waals surface area (Å²) < 4.78 is 5.53. The second-order valence-electron chi connectivity index (χ2n) is 6.81. The Morgan fingerprint density at radius 1 is 1.39 bits per heavy atom. The van der Waals surface area contributed by atoms with Crippen molar-refractivity contribution in [2.45, 2.75) is 64.4 Å². The number of aromatic nitrogens is 2. The molecule has 2 heterocycles. The molecule has 2 aliphatic rings. The lowest BCUT2D eigenvalue weighted by Crippen LogP contribution is -2.43. The number of carbonyl (C=O) groups is 2. The monoisotopic (exact) mass is 319 g/mol. The summed E-state index contributed by atoms with van der Waals surface area (Å²) in [5.41, 5.74) is 2.83. The molecule has 1 amide bonds. The van der Waals surface area contributed by atoms with Gasteiger partial charge in [-0.15, -0.1) is 0 Å². The van der Waals surface area contributed by atoms with E-state index in [4.69, 9.17) is 4.74 Å². The number of carbonyl (C=O) groups excluding carboxylic acids is 2. The van der Waals surface area contributed by atoms with Gasteiger partial charge in [-0.3, -0.25) is 14.7 Å². The van der Waals surface area contributed by atoms with E-state index in [2.05, 4.69) is 15.5 Å². The summed E-state index contributed by atoms with van der Waals surface area (Å²) in [6.45, 7) is 4.62. The average molecular weight is 319 g/mol. The minimum Gasteiger partial charge on any atom is -0.458 e. The number of hydrogen-bond donors (Lipinski definition) is 2. The van der Waals surface area contributed by atoms with Gasteiger partial charge < -0.3 is 10.1 Å². The zero-order chi connectivity index (χ0) is 16.4. The molecule has 2 fully saturated rings. The normalized spacial score (nSPS) is 22.5. The summed E-state index contributed by atoms with van der Waals surface area (Å²) in [6.07, 6.45) is 5.70. The van der Waals surface area contributed by atoms with Gasteiger partial charge in [0.1, 0.15) is 5.60 Å². The summed E-state index contributed by atoms with van der Waals surface area (Å²) >= 11 is 0. The largest absolute Gasteiger partial charge is 0.458 e. The van der Waals surface area contributed by atoms with Gasteiger partial charge in [0.2, 0.25) is 5.91 Å². The molecule has 6 nitrogen and oxygen atoms in total. The van der Waals surface area contributed by atoms with Gasteiger partial charge in [-0.05, 0) is 57.9 Å². The maximum Gasteiger partial charge on any atom is 0.307 e. The molecule has 1 aliphatic heterocycles. The Bertz CT molecular complexity index is 583. The van der Waals surface area contributed by atoms with Gasteiger partial charge in [-0.1, -0.05) is 0 Å². The lowest BCUT2D eigenvalue weighted by Gasteiger charge is -2.27. The molecular formula is C17H25N3O3. The second-order valence-corrected chi connectivity index (χ2v) is 6.81. The highest BCUT2D eigenvalue weighted by Gasteiger charge is 2.53. The van der Waals surface area contributed by atoms with E-state index in [0.717, 1.165) is 49.9 Å². The van der Waals surface area contributed by atoms with E-state index >= 15 is 0 Å². The van der Waals surface area contributed by atoms with E-state index < -0.39 is 5.60 Å². The van der Waals surface area contributed by atoms with E-state index in [9.17, 15) is 9.59 Å². The minimum absolute atomic E-state index is 0.0293. The van der Waals surface area contributed by atoms with E-state index in [1.165, 1.54) is 5.56 Å². The van der Waals surface area contributed by atoms with Crippen molar-refractivity contribution in [3.05, 3.63) is 17.0 Å². The quantitative estimate of drug-likeness (QED) is 0.642. The van der Waals surface area contributed by atoms with Crippen molar-refractivity contribution < 1.29 is 14.3 Å². The Morgan fingerprint density at radius 2 is 2.13 bits per heavy atom. The molecule has 1 saturated heterocycles. The predicted molar refractivity (Wildman–Crippen MR) is 84.8 cm³/mol. The Kier molecular flexibility index (Phi) is 4.41. The van der Waals surface area contributed by atoms with Gasteiger partial charge in [0, 0.05) is 12.2 Å². The van der Waals surface area contributed by atoms with Crippen LogP contribution in [0.5, 0.6) is 0 Å². The third-order valence-electron chi connectivity index (χ3n) is 5.27. The van der Waals surface area contributed by atoms with Crippen molar-refractivity contribution in [1.29, 1.82) is 0 Å². The number of ether oxygens (including phenoxy) is 1. The molecule has 3 rings (SSSR count). The number of esters is 1. The van der Waals surface area contributed by atoms with Crippen molar-refractivity contribution in [2.75, 3.05) is 6.54 Å². The van der Waals surface area contributed by atoms with Crippen LogP contribution in [0.4, 0.5) is 0 Å². The van der Waals surface area contributed by atoms with Crippen LogP contribution < -0.4 is 5.32 Å². The third-order valence-corrected chi connectivity index (χ3v) is 5.27. The zero-order valence-corrected chi connectivity index (χ0v) is 13.9. The summed E-state index contributed by atoms with van der Waals surface area (Å²) in [6, 6.07) is 0. The predicted octanol–water partition coefficient (Wildman–Crippen LogP) is 1.95. The highest BCUT2D eigenvalue weighted by molar-refractivity contribution is 5.87. The maximum absolute atomic E-state index is 12.5. The molecule has 1 aliphatic carbocycles. The first-order valence-corrected chi connectivity index (χ1v) is 8.52. The van der Waals surface area contributed by atoms with Gasteiger partial charge in [0.05, 0.1) is 18.0 Å². The summed E-state index contributed by atoms with van der Waals surface area (Å²) in [5, 5.41) is 10.2. The Morgan fingerprint density at radius 3 is 2.78 bits per heavy atom. The van der Waals surface area contributed by atoms with Gasteiger partial charge in [-0.2, -0.15) is 5.10 Å². The van der Waals surface area contributed by atoms with Crippen molar-refractivity contribution in [3.63, 3.8) is 0 Å². The SMILES string of the molecule is Cc1n[nH]c(C)c1CCCNC(=O)[C@@H]1CC(=O)OC12CCCC2. The van der Waals surface area contributed by atoms with Gasteiger partial charge in [0.25, 0.3) is 0 Å². The maximum atomic E-state index is 12.5. The van der Waals surface area contributed by atoms with Crippen LogP contribution in [0.15, 0.2) is 0 Å². The van der Waals surface area contributed by atoms with Crippen molar-refractivity contribution >= 4 is 11.9 Å². The molecule has 1 spiro atoms. The van der Waals surface area contributed by atoms with Crippen LogP contribution in [0.3, 0.4) is 0 Å². The van der Waals surface area contributed by atoms with Crippen LogP contribution in [0, 0.1) is 19.8 Å². The van der Waals surface area contributed by atoms with Crippen LogP contribution in [-0.2, 0) is 20.7 Å². The number of hydrogen-bond acceptors (Lipinski definition) is 4. The Hall–Kier alpha value is -1.85. The number of nitrogens with zero attached hydrogens (tertiary/aromatic N) is 1. The molecule has 0 radical (unpaired) electrons. The molecule has 6 heteroatoms.